The minimum absolute atomic E-state index is 0.129. The average Bonchev–Trinajstić information content (AvgIpc) is 2.29. The Kier molecular flexibility index (Phi) is 5.77. The van der Waals surface area contributed by atoms with E-state index in [1.807, 2.05) is 12.1 Å². The second-order valence-electron chi connectivity index (χ2n) is 3.54. The van der Waals surface area contributed by atoms with E-state index in [1.54, 1.807) is 13.3 Å². The van der Waals surface area contributed by atoms with Crippen LogP contribution in [-0.4, -0.2) is 48.4 Å². The predicted octanol–water partition coefficient (Wildman–Crippen LogP) is 0.104. The largest absolute Gasteiger partial charge is 0.395 e. The molecule has 1 heterocycles. The molecule has 0 saturated carbocycles. The van der Waals surface area contributed by atoms with E-state index in [1.165, 1.54) is 0 Å². The molecular weight excluding hydrogens is 206 g/mol. The summed E-state index contributed by atoms with van der Waals surface area (Å²) in [7, 11) is 1.66. The van der Waals surface area contributed by atoms with Crippen LogP contribution in [-0.2, 0) is 11.3 Å². The molecule has 1 aromatic rings. The number of nitrogens with two attached hydrogens (primary N) is 1. The summed E-state index contributed by atoms with van der Waals surface area (Å²) < 4.78 is 5.02. The van der Waals surface area contributed by atoms with Gasteiger partial charge in [0.1, 0.15) is 5.82 Å². The second kappa shape index (κ2) is 7.16. The summed E-state index contributed by atoms with van der Waals surface area (Å²) in [5.74, 6) is 0.544. The van der Waals surface area contributed by atoms with Crippen LogP contribution in [0.3, 0.4) is 0 Å². The molecule has 0 saturated heterocycles. The number of methoxy groups -OCH3 is 1. The monoisotopic (exact) mass is 225 g/mol. The van der Waals surface area contributed by atoms with Gasteiger partial charge in [-0.05, 0) is 6.07 Å². The van der Waals surface area contributed by atoms with Gasteiger partial charge in [-0.25, -0.2) is 4.98 Å². The maximum Gasteiger partial charge on any atom is 0.127 e. The van der Waals surface area contributed by atoms with Gasteiger partial charge in [0.15, 0.2) is 0 Å². The third-order valence-electron chi connectivity index (χ3n) is 2.35. The SMILES string of the molecule is COCCN(CCO)Cc1cccnc1N. The number of nitrogen functional groups attached to an aromatic ring is 1. The van der Waals surface area contributed by atoms with Gasteiger partial charge in [-0.1, -0.05) is 6.07 Å². The summed E-state index contributed by atoms with van der Waals surface area (Å²) >= 11 is 0. The van der Waals surface area contributed by atoms with Gasteiger partial charge in [0, 0.05) is 38.5 Å². The van der Waals surface area contributed by atoms with Crippen LogP contribution in [0.25, 0.3) is 0 Å². The van der Waals surface area contributed by atoms with Crippen molar-refractivity contribution >= 4 is 5.82 Å². The summed E-state index contributed by atoms with van der Waals surface area (Å²) in [6.07, 6.45) is 1.67. The van der Waals surface area contributed by atoms with Crippen molar-refractivity contribution in [3.8, 4) is 0 Å². The molecule has 16 heavy (non-hydrogen) atoms. The normalized spacial score (nSPS) is 10.9. The number of rotatable bonds is 7. The van der Waals surface area contributed by atoms with E-state index in [0.29, 0.717) is 25.5 Å². The van der Waals surface area contributed by atoms with Crippen LogP contribution >= 0.6 is 0 Å². The molecule has 0 atom stereocenters. The smallest absolute Gasteiger partial charge is 0.127 e. The number of ether oxygens (including phenoxy) is 1. The van der Waals surface area contributed by atoms with Gasteiger partial charge in [-0.15, -0.1) is 0 Å². The predicted molar refractivity (Wildman–Crippen MR) is 62.9 cm³/mol. The maximum atomic E-state index is 8.95. The van der Waals surface area contributed by atoms with E-state index < -0.39 is 0 Å². The fourth-order valence-corrected chi connectivity index (χ4v) is 1.46. The van der Waals surface area contributed by atoms with Gasteiger partial charge in [0.05, 0.1) is 13.2 Å². The number of hydrogen-bond acceptors (Lipinski definition) is 5. The zero-order valence-electron chi connectivity index (χ0n) is 9.59. The first-order chi connectivity index (χ1) is 7.77. The Bertz CT molecular complexity index is 307. The highest BCUT2D eigenvalue weighted by Crippen LogP contribution is 2.10. The van der Waals surface area contributed by atoms with Crippen molar-refractivity contribution in [1.82, 2.24) is 9.88 Å². The van der Waals surface area contributed by atoms with Crippen LogP contribution < -0.4 is 5.73 Å². The molecule has 0 aliphatic heterocycles. The third-order valence-corrected chi connectivity index (χ3v) is 2.35. The number of hydrogen-bond donors (Lipinski definition) is 2. The number of nitrogens with zero attached hydrogens (tertiary/aromatic N) is 2. The Labute approximate surface area is 95.8 Å². The zero-order chi connectivity index (χ0) is 11.8. The number of aliphatic hydroxyl groups excluding tert-OH is 1. The van der Waals surface area contributed by atoms with Crippen LogP contribution in [0.2, 0.25) is 0 Å². The van der Waals surface area contributed by atoms with Crippen LogP contribution in [0.1, 0.15) is 5.56 Å². The van der Waals surface area contributed by atoms with Crippen LogP contribution in [0.15, 0.2) is 18.3 Å². The highest BCUT2D eigenvalue weighted by atomic mass is 16.5. The number of aliphatic hydroxyl groups is 1. The topological polar surface area (TPSA) is 71.6 Å². The maximum absolute atomic E-state index is 8.95. The number of pyridine rings is 1. The summed E-state index contributed by atoms with van der Waals surface area (Å²) in [6.45, 7) is 2.83. The van der Waals surface area contributed by atoms with E-state index in [4.69, 9.17) is 15.6 Å². The molecule has 5 heteroatoms. The van der Waals surface area contributed by atoms with E-state index in [-0.39, 0.29) is 6.61 Å². The molecule has 0 amide bonds. The highest BCUT2D eigenvalue weighted by Gasteiger charge is 2.07. The van der Waals surface area contributed by atoms with Crippen LogP contribution in [0.5, 0.6) is 0 Å². The van der Waals surface area contributed by atoms with Gasteiger partial charge in [-0.3, -0.25) is 4.90 Å². The van der Waals surface area contributed by atoms with E-state index in [0.717, 1.165) is 12.1 Å². The Morgan fingerprint density at radius 3 is 2.94 bits per heavy atom. The van der Waals surface area contributed by atoms with E-state index >= 15 is 0 Å². The molecule has 0 aliphatic rings. The number of anilines is 1. The molecule has 5 nitrogen and oxygen atoms in total. The van der Waals surface area contributed by atoms with Crippen molar-refractivity contribution in [3.05, 3.63) is 23.9 Å². The van der Waals surface area contributed by atoms with Crippen LogP contribution in [0.4, 0.5) is 5.82 Å². The van der Waals surface area contributed by atoms with Crippen molar-refractivity contribution in [1.29, 1.82) is 0 Å². The Balaban J connectivity index is 2.56. The molecule has 3 N–H and O–H groups in total. The fourth-order valence-electron chi connectivity index (χ4n) is 1.46. The molecule has 1 aromatic heterocycles. The average molecular weight is 225 g/mol. The van der Waals surface area contributed by atoms with Crippen molar-refractivity contribution in [2.24, 2.45) is 0 Å². The fraction of sp³-hybridized carbons (Fsp3) is 0.545. The minimum atomic E-state index is 0.129. The Morgan fingerprint density at radius 1 is 1.50 bits per heavy atom. The van der Waals surface area contributed by atoms with Gasteiger partial charge >= 0.3 is 0 Å². The lowest BCUT2D eigenvalue weighted by Gasteiger charge is -2.21. The molecule has 0 spiro atoms. The second-order valence-corrected chi connectivity index (χ2v) is 3.54. The van der Waals surface area contributed by atoms with Crippen LogP contribution in [0, 0.1) is 0 Å². The quantitative estimate of drug-likeness (QED) is 0.689. The summed E-state index contributed by atoms with van der Waals surface area (Å²) in [4.78, 5) is 6.11. The molecular formula is C11H19N3O2. The lowest BCUT2D eigenvalue weighted by molar-refractivity contribution is 0.127. The third kappa shape index (κ3) is 4.14. The van der Waals surface area contributed by atoms with Crippen molar-refractivity contribution in [3.63, 3.8) is 0 Å². The van der Waals surface area contributed by atoms with Crippen molar-refractivity contribution in [2.75, 3.05) is 39.1 Å². The molecule has 0 aromatic carbocycles. The standard InChI is InChI=1S/C11H19N3O2/c1-16-8-6-14(5-7-15)9-10-3-2-4-13-11(10)12/h2-4,15H,5-9H2,1H3,(H2,12,13). The molecule has 1 rings (SSSR count). The molecule has 0 unspecified atom stereocenters. The Hall–Kier alpha value is -1.17. The molecule has 0 bridgehead atoms. The summed E-state index contributed by atoms with van der Waals surface area (Å²) in [5.41, 5.74) is 6.74. The summed E-state index contributed by atoms with van der Waals surface area (Å²) in [6, 6.07) is 3.80. The minimum Gasteiger partial charge on any atom is -0.395 e. The number of aromatic nitrogens is 1. The Morgan fingerprint density at radius 2 is 2.31 bits per heavy atom. The zero-order valence-corrected chi connectivity index (χ0v) is 9.59. The highest BCUT2D eigenvalue weighted by molar-refractivity contribution is 5.38. The van der Waals surface area contributed by atoms with Crippen molar-refractivity contribution in [2.45, 2.75) is 6.54 Å². The van der Waals surface area contributed by atoms with Crippen molar-refractivity contribution < 1.29 is 9.84 Å². The lowest BCUT2D eigenvalue weighted by atomic mass is 10.2. The molecule has 90 valence electrons. The van der Waals surface area contributed by atoms with Gasteiger partial charge in [-0.2, -0.15) is 0 Å². The van der Waals surface area contributed by atoms with Gasteiger partial charge < -0.3 is 15.6 Å². The lowest BCUT2D eigenvalue weighted by Crippen LogP contribution is -2.30. The van der Waals surface area contributed by atoms with Gasteiger partial charge in [0.25, 0.3) is 0 Å². The first-order valence-electron chi connectivity index (χ1n) is 5.29. The van der Waals surface area contributed by atoms with Gasteiger partial charge in [0.2, 0.25) is 0 Å². The molecule has 0 fully saturated rings. The summed E-state index contributed by atoms with van der Waals surface area (Å²) in [5, 5.41) is 8.95. The first kappa shape index (κ1) is 12.9. The van der Waals surface area contributed by atoms with E-state index in [9.17, 15) is 0 Å². The first-order valence-corrected chi connectivity index (χ1v) is 5.29. The van der Waals surface area contributed by atoms with E-state index in [2.05, 4.69) is 9.88 Å². The molecule has 0 radical (unpaired) electrons. The molecule has 0 aliphatic carbocycles.